The van der Waals surface area contributed by atoms with E-state index in [1.807, 2.05) is 0 Å². The predicted octanol–water partition coefficient (Wildman–Crippen LogP) is 1.87. The first kappa shape index (κ1) is 14.2. The first-order valence-corrected chi connectivity index (χ1v) is 4.89. The zero-order valence-corrected chi connectivity index (χ0v) is 8.69. The molecule has 0 aromatic rings. The molecule has 0 aliphatic rings. The SMILES string of the molecule is CCOC(=O)CCCNCCC(F)(F)F. The van der Waals surface area contributed by atoms with Crippen molar-refractivity contribution in [2.75, 3.05) is 19.7 Å². The van der Waals surface area contributed by atoms with E-state index in [0.29, 0.717) is 19.6 Å². The minimum absolute atomic E-state index is 0.105. The molecule has 3 nitrogen and oxygen atoms in total. The molecule has 0 aliphatic carbocycles. The fourth-order valence-electron chi connectivity index (χ4n) is 0.946. The van der Waals surface area contributed by atoms with Gasteiger partial charge in [-0.1, -0.05) is 0 Å². The Morgan fingerprint density at radius 2 is 2.00 bits per heavy atom. The highest BCUT2D eigenvalue weighted by molar-refractivity contribution is 5.69. The van der Waals surface area contributed by atoms with Crippen molar-refractivity contribution in [3.8, 4) is 0 Å². The molecule has 0 saturated carbocycles. The average molecular weight is 227 g/mol. The predicted molar refractivity (Wildman–Crippen MR) is 49.4 cm³/mol. The lowest BCUT2D eigenvalue weighted by molar-refractivity contribution is -0.143. The number of esters is 1. The number of alkyl halides is 3. The van der Waals surface area contributed by atoms with Crippen molar-refractivity contribution < 1.29 is 22.7 Å². The molecule has 0 radical (unpaired) electrons. The van der Waals surface area contributed by atoms with E-state index < -0.39 is 12.6 Å². The molecule has 0 aromatic heterocycles. The molecule has 90 valence electrons. The quantitative estimate of drug-likeness (QED) is 0.533. The molecule has 6 heteroatoms. The van der Waals surface area contributed by atoms with Crippen LogP contribution < -0.4 is 5.32 Å². The highest BCUT2D eigenvalue weighted by Crippen LogP contribution is 2.17. The van der Waals surface area contributed by atoms with Gasteiger partial charge in [0.25, 0.3) is 0 Å². The number of rotatable bonds is 7. The first-order valence-electron chi connectivity index (χ1n) is 4.89. The molecule has 0 unspecified atom stereocenters. The van der Waals surface area contributed by atoms with Crippen LogP contribution in [0, 0.1) is 0 Å². The molecule has 15 heavy (non-hydrogen) atoms. The lowest BCUT2D eigenvalue weighted by atomic mass is 10.3. The zero-order chi connectivity index (χ0) is 11.7. The number of hydrogen-bond acceptors (Lipinski definition) is 3. The second-order valence-corrected chi connectivity index (χ2v) is 3.02. The summed E-state index contributed by atoms with van der Waals surface area (Å²) in [5.41, 5.74) is 0. The van der Waals surface area contributed by atoms with Gasteiger partial charge in [-0.2, -0.15) is 13.2 Å². The number of carbonyl (C=O) groups excluding carboxylic acids is 1. The third-order valence-corrected chi connectivity index (χ3v) is 1.63. The molecule has 0 aromatic carbocycles. The van der Waals surface area contributed by atoms with Crippen molar-refractivity contribution in [1.29, 1.82) is 0 Å². The molecule has 0 fully saturated rings. The van der Waals surface area contributed by atoms with E-state index in [2.05, 4.69) is 10.1 Å². The van der Waals surface area contributed by atoms with Crippen LogP contribution in [-0.4, -0.2) is 31.8 Å². The van der Waals surface area contributed by atoms with E-state index in [0.717, 1.165) is 0 Å². The highest BCUT2D eigenvalue weighted by atomic mass is 19.4. The maximum absolute atomic E-state index is 11.7. The van der Waals surface area contributed by atoms with Crippen LogP contribution in [0.3, 0.4) is 0 Å². The summed E-state index contributed by atoms with van der Waals surface area (Å²) in [5.74, 6) is -0.310. The van der Waals surface area contributed by atoms with Crippen molar-refractivity contribution in [2.45, 2.75) is 32.4 Å². The largest absolute Gasteiger partial charge is 0.466 e. The Bertz CT molecular complexity index is 183. The van der Waals surface area contributed by atoms with Gasteiger partial charge in [-0.05, 0) is 19.9 Å². The van der Waals surface area contributed by atoms with Crippen molar-refractivity contribution in [3.63, 3.8) is 0 Å². The number of hydrogen-bond donors (Lipinski definition) is 1. The van der Waals surface area contributed by atoms with Crippen molar-refractivity contribution >= 4 is 5.97 Å². The van der Waals surface area contributed by atoms with E-state index in [4.69, 9.17) is 0 Å². The minimum Gasteiger partial charge on any atom is -0.466 e. The Labute approximate surface area is 87.0 Å². The van der Waals surface area contributed by atoms with Crippen LogP contribution in [0.1, 0.15) is 26.2 Å². The van der Waals surface area contributed by atoms with E-state index in [-0.39, 0.29) is 18.9 Å². The van der Waals surface area contributed by atoms with Crippen LogP contribution in [0.15, 0.2) is 0 Å². The second kappa shape index (κ2) is 7.50. The van der Waals surface area contributed by atoms with Crippen LogP contribution in [0.25, 0.3) is 0 Å². The standard InChI is InChI=1S/C9H16F3NO2/c1-2-15-8(14)4-3-6-13-7-5-9(10,11)12/h13H,2-7H2,1H3. The third-order valence-electron chi connectivity index (χ3n) is 1.63. The summed E-state index contributed by atoms with van der Waals surface area (Å²) in [4.78, 5) is 10.8. The Balaban J connectivity index is 3.22. The summed E-state index contributed by atoms with van der Waals surface area (Å²) in [6.45, 7) is 2.33. The molecule has 0 amide bonds. The van der Waals surface area contributed by atoms with E-state index in [1.165, 1.54) is 0 Å². The molecule has 0 bridgehead atoms. The van der Waals surface area contributed by atoms with Gasteiger partial charge in [-0.25, -0.2) is 0 Å². The van der Waals surface area contributed by atoms with Gasteiger partial charge in [0.1, 0.15) is 0 Å². The minimum atomic E-state index is -4.12. The van der Waals surface area contributed by atoms with Gasteiger partial charge >= 0.3 is 12.1 Å². The van der Waals surface area contributed by atoms with E-state index in [9.17, 15) is 18.0 Å². The lowest BCUT2D eigenvalue weighted by Gasteiger charge is -2.07. The van der Waals surface area contributed by atoms with E-state index >= 15 is 0 Å². The second-order valence-electron chi connectivity index (χ2n) is 3.02. The Hall–Kier alpha value is -0.780. The number of carbonyl (C=O) groups is 1. The highest BCUT2D eigenvalue weighted by Gasteiger charge is 2.25. The topological polar surface area (TPSA) is 38.3 Å². The lowest BCUT2D eigenvalue weighted by Crippen LogP contribution is -2.23. The normalized spacial score (nSPS) is 11.5. The summed E-state index contributed by atoms with van der Waals surface area (Å²) in [5, 5.41) is 2.61. The van der Waals surface area contributed by atoms with Gasteiger partial charge in [0, 0.05) is 13.0 Å². The summed E-state index contributed by atoms with van der Waals surface area (Å²) in [6, 6.07) is 0. The van der Waals surface area contributed by atoms with Crippen LogP contribution in [0.2, 0.25) is 0 Å². The maximum atomic E-state index is 11.7. The Morgan fingerprint density at radius 1 is 1.33 bits per heavy atom. The monoisotopic (exact) mass is 227 g/mol. The molecule has 0 aliphatic heterocycles. The molecule has 0 heterocycles. The average Bonchev–Trinajstić information content (AvgIpc) is 2.09. The van der Waals surface area contributed by atoms with Gasteiger partial charge in [-0.3, -0.25) is 4.79 Å². The smallest absolute Gasteiger partial charge is 0.390 e. The van der Waals surface area contributed by atoms with Crippen molar-refractivity contribution in [3.05, 3.63) is 0 Å². The number of nitrogens with one attached hydrogen (secondary N) is 1. The van der Waals surface area contributed by atoms with Crippen LogP contribution in [0.5, 0.6) is 0 Å². The van der Waals surface area contributed by atoms with Gasteiger partial charge in [-0.15, -0.1) is 0 Å². The van der Waals surface area contributed by atoms with Crippen molar-refractivity contribution in [2.24, 2.45) is 0 Å². The van der Waals surface area contributed by atoms with Crippen LogP contribution >= 0.6 is 0 Å². The van der Waals surface area contributed by atoms with Crippen LogP contribution in [-0.2, 0) is 9.53 Å². The number of ether oxygens (including phenoxy) is 1. The van der Waals surface area contributed by atoms with Crippen LogP contribution in [0.4, 0.5) is 13.2 Å². The fourth-order valence-corrected chi connectivity index (χ4v) is 0.946. The first-order chi connectivity index (χ1) is 6.95. The maximum Gasteiger partial charge on any atom is 0.390 e. The molecule has 0 spiro atoms. The molecular formula is C9H16F3NO2. The third kappa shape index (κ3) is 11.1. The number of halogens is 3. The van der Waals surface area contributed by atoms with E-state index in [1.54, 1.807) is 6.92 Å². The van der Waals surface area contributed by atoms with Crippen molar-refractivity contribution in [1.82, 2.24) is 5.32 Å². The molecule has 0 rings (SSSR count). The summed E-state index contributed by atoms with van der Waals surface area (Å²) in [7, 11) is 0. The van der Waals surface area contributed by atoms with Gasteiger partial charge < -0.3 is 10.1 Å². The molecule has 0 saturated heterocycles. The van der Waals surface area contributed by atoms with Gasteiger partial charge in [0.2, 0.25) is 0 Å². The molecule has 0 atom stereocenters. The summed E-state index contributed by atoms with van der Waals surface area (Å²) in [6.07, 6.45) is -4.22. The Morgan fingerprint density at radius 3 is 2.53 bits per heavy atom. The molecule has 1 N–H and O–H groups in total. The van der Waals surface area contributed by atoms with Gasteiger partial charge in [0.15, 0.2) is 0 Å². The van der Waals surface area contributed by atoms with Gasteiger partial charge in [0.05, 0.1) is 13.0 Å². The Kier molecular flexibility index (Phi) is 7.11. The molecular weight excluding hydrogens is 211 g/mol. The fraction of sp³-hybridized carbons (Fsp3) is 0.889. The summed E-state index contributed by atoms with van der Waals surface area (Å²) < 4.78 is 39.7. The summed E-state index contributed by atoms with van der Waals surface area (Å²) >= 11 is 0. The zero-order valence-electron chi connectivity index (χ0n) is 8.69.